The maximum Gasteiger partial charge on any atom is 0.251 e. The maximum absolute atomic E-state index is 12.7. The minimum absolute atomic E-state index is 0. The van der Waals surface area contributed by atoms with Crippen LogP contribution in [0.3, 0.4) is 0 Å². The molecule has 0 radical (unpaired) electrons. The molecule has 1 aromatic rings. The van der Waals surface area contributed by atoms with Crippen LogP contribution in [0.15, 0.2) is 18.2 Å². The lowest BCUT2D eigenvalue weighted by Crippen LogP contribution is -2.44. The molecule has 1 aliphatic heterocycles. The van der Waals surface area contributed by atoms with Gasteiger partial charge >= 0.3 is 0 Å². The molecule has 1 amide bonds. The lowest BCUT2D eigenvalue weighted by atomic mass is 9.84. The number of nitrogens with zero attached hydrogens (tertiary/aromatic N) is 1. The van der Waals surface area contributed by atoms with Gasteiger partial charge in [0.15, 0.2) is 0 Å². The van der Waals surface area contributed by atoms with Crippen molar-refractivity contribution in [3.63, 3.8) is 0 Å². The highest BCUT2D eigenvalue weighted by atomic mass is 35.5. The van der Waals surface area contributed by atoms with Gasteiger partial charge in [-0.2, -0.15) is 0 Å². The molecule has 1 aliphatic carbocycles. The number of amides is 1. The fourth-order valence-corrected chi connectivity index (χ4v) is 5.47. The van der Waals surface area contributed by atoms with E-state index in [9.17, 15) is 13.2 Å². The number of carbonyl (C=O) groups excluding carboxylic acids is 1. The predicted molar refractivity (Wildman–Crippen MR) is 106 cm³/mol. The van der Waals surface area contributed by atoms with Crippen LogP contribution >= 0.6 is 12.4 Å². The van der Waals surface area contributed by atoms with E-state index in [1.54, 1.807) is 18.2 Å². The van der Waals surface area contributed by atoms with Crippen molar-refractivity contribution in [3.05, 3.63) is 29.3 Å². The van der Waals surface area contributed by atoms with E-state index >= 15 is 0 Å². The SMILES string of the molecule is Cc1cc(N2CCCS2(=O)=O)ccc1C(=O)NC1CCCCC1CN.Cl. The second-order valence-electron chi connectivity index (χ2n) is 7.10. The Hall–Kier alpha value is -1.31. The molecule has 2 atom stereocenters. The van der Waals surface area contributed by atoms with Gasteiger partial charge in [-0.3, -0.25) is 9.10 Å². The standard InChI is InChI=1S/C18H27N3O3S.ClH/c1-13-11-15(21-9-4-10-25(21,23)24)7-8-16(13)18(22)20-17-6-3-2-5-14(17)12-19;/h7-8,11,14,17H,2-6,9-10,12,19H2,1H3,(H,20,22);1H. The van der Waals surface area contributed by atoms with E-state index in [0.717, 1.165) is 24.8 Å². The first-order valence-electron chi connectivity index (χ1n) is 9.04. The Labute approximate surface area is 162 Å². The third-order valence-electron chi connectivity index (χ3n) is 5.37. The normalized spacial score (nSPS) is 24.8. The Bertz CT molecular complexity index is 754. The third kappa shape index (κ3) is 4.32. The van der Waals surface area contributed by atoms with Gasteiger partial charge in [0.1, 0.15) is 0 Å². The Morgan fingerprint density at radius 3 is 2.62 bits per heavy atom. The van der Waals surface area contributed by atoms with Crippen LogP contribution in [0.5, 0.6) is 0 Å². The molecule has 3 N–H and O–H groups in total. The van der Waals surface area contributed by atoms with E-state index in [1.165, 1.54) is 10.7 Å². The molecular weight excluding hydrogens is 374 g/mol. The van der Waals surface area contributed by atoms with Gasteiger partial charge in [-0.1, -0.05) is 12.8 Å². The molecule has 0 spiro atoms. The molecule has 2 aliphatic rings. The molecule has 1 aromatic carbocycles. The summed E-state index contributed by atoms with van der Waals surface area (Å²) >= 11 is 0. The average molecular weight is 402 g/mol. The Morgan fingerprint density at radius 1 is 1.27 bits per heavy atom. The van der Waals surface area contributed by atoms with E-state index in [2.05, 4.69) is 5.32 Å². The van der Waals surface area contributed by atoms with Gasteiger partial charge in [-0.05, 0) is 62.4 Å². The number of sulfonamides is 1. The fraction of sp³-hybridized carbons (Fsp3) is 0.611. The Balaban J connectivity index is 0.00000243. The largest absolute Gasteiger partial charge is 0.349 e. The molecule has 3 rings (SSSR count). The first-order chi connectivity index (χ1) is 11.9. The maximum atomic E-state index is 12.7. The summed E-state index contributed by atoms with van der Waals surface area (Å²) < 4.78 is 25.6. The van der Waals surface area contributed by atoms with Crippen molar-refractivity contribution in [1.82, 2.24) is 5.32 Å². The van der Waals surface area contributed by atoms with E-state index in [-0.39, 0.29) is 30.1 Å². The average Bonchev–Trinajstić information content (AvgIpc) is 2.94. The highest BCUT2D eigenvalue weighted by Gasteiger charge is 2.29. The molecule has 26 heavy (non-hydrogen) atoms. The highest BCUT2D eigenvalue weighted by Crippen LogP contribution is 2.27. The van der Waals surface area contributed by atoms with Crippen LogP contribution in [0.1, 0.15) is 48.0 Å². The number of nitrogens with two attached hydrogens (primary N) is 1. The lowest BCUT2D eigenvalue weighted by molar-refractivity contribution is 0.0907. The summed E-state index contributed by atoms with van der Waals surface area (Å²) in [7, 11) is -3.20. The number of benzene rings is 1. The first-order valence-corrected chi connectivity index (χ1v) is 10.7. The number of anilines is 1. The van der Waals surface area contributed by atoms with Crippen LogP contribution in [-0.2, 0) is 10.0 Å². The van der Waals surface area contributed by atoms with Crippen molar-refractivity contribution in [1.29, 1.82) is 0 Å². The second-order valence-corrected chi connectivity index (χ2v) is 9.11. The number of aryl methyl sites for hydroxylation is 1. The molecule has 1 saturated carbocycles. The molecule has 1 saturated heterocycles. The van der Waals surface area contributed by atoms with Gasteiger partial charge in [-0.25, -0.2) is 8.42 Å². The van der Waals surface area contributed by atoms with Crippen molar-refractivity contribution in [2.45, 2.75) is 45.1 Å². The van der Waals surface area contributed by atoms with E-state index in [4.69, 9.17) is 5.73 Å². The van der Waals surface area contributed by atoms with Crippen LogP contribution in [0.4, 0.5) is 5.69 Å². The van der Waals surface area contributed by atoms with Gasteiger partial charge in [0, 0.05) is 18.2 Å². The van der Waals surface area contributed by atoms with E-state index in [1.807, 2.05) is 6.92 Å². The molecule has 0 bridgehead atoms. The van der Waals surface area contributed by atoms with Crippen molar-refractivity contribution in [3.8, 4) is 0 Å². The van der Waals surface area contributed by atoms with Crippen LogP contribution in [0.2, 0.25) is 0 Å². The molecule has 0 aromatic heterocycles. The first kappa shape index (κ1) is 21.0. The minimum Gasteiger partial charge on any atom is -0.349 e. The number of hydrogen-bond acceptors (Lipinski definition) is 4. The summed E-state index contributed by atoms with van der Waals surface area (Å²) in [5.41, 5.74) is 7.87. The Kier molecular flexibility index (Phi) is 6.93. The van der Waals surface area contributed by atoms with Gasteiger partial charge < -0.3 is 11.1 Å². The molecule has 6 nitrogen and oxygen atoms in total. The third-order valence-corrected chi connectivity index (χ3v) is 7.24. The molecule has 8 heteroatoms. The zero-order valence-electron chi connectivity index (χ0n) is 15.1. The van der Waals surface area contributed by atoms with Crippen molar-refractivity contribution in [2.24, 2.45) is 11.7 Å². The van der Waals surface area contributed by atoms with Gasteiger partial charge in [-0.15, -0.1) is 12.4 Å². The molecular formula is C18H28ClN3O3S. The van der Waals surface area contributed by atoms with Crippen molar-refractivity contribution in [2.75, 3.05) is 23.1 Å². The topological polar surface area (TPSA) is 92.5 Å². The van der Waals surface area contributed by atoms with Crippen molar-refractivity contribution < 1.29 is 13.2 Å². The summed E-state index contributed by atoms with van der Waals surface area (Å²) in [5, 5.41) is 3.13. The number of halogens is 1. The minimum atomic E-state index is -3.20. The summed E-state index contributed by atoms with van der Waals surface area (Å²) in [6.07, 6.45) is 4.97. The quantitative estimate of drug-likeness (QED) is 0.808. The molecule has 146 valence electrons. The van der Waals surface area contributed by atoms with E-state index in [0.29, 0.717) is 36.7 Å². The van der Waals surface area contributed by atoms with Gasteiger partial charge in [0.05, 0.1) is 11.4 Å². The van der Waals surface area contributed by atoms with Crippen LogP contribution in [-0.4, -0.2) is 39.2 Å². The fourth-order valence-electron chi connectivity index (χ4n) is 3.91. The summed E-state index contributed by atoms with van der Waals surface area (Å²) in [5.74, 6) is 0.432. The van der Waals surface area contributed by atoms with Crippen LogP contribution in [0.25, 0.3) is 0 Å². The Morgan fingerprint density at radius 2 is 2.00 bits per heavy atom. The monoisotopic (exact) mass is 401 g/mol. The number of carbonyl (C=O) groups is 1. The lowest BCUT2D eigenvalue weighted by Gasteiger charge is -2.31. The van der Waals surface area contributed by atoms with Gasteiger partial charge in [0.2, 0.25) is 10.0 Å². The van der Waals surface area contributed by atoms with Crippen LogP contribution < -0.4 is 15.4 Å². The smallest absolute Gasteiger partial charge is 0.251 e. The van der Waals surface area contributed by atoms with Crippen LogP contribution in [0, 0.1) is 12.8 Å². The summed E-state index contributed by atoms with van der Waals surface area (Å²) in [4.78, 5) is 12.7. The summed E-state index contributed by atoms with van der Waals surface area (Å²) in [6, 6.07) is 5.38. The number of rotatable bonds is 4. The predicted octanol–water partition coefficient (Wildman–Crippen LogP) is 2.20. The summed E-state index contributed by atoms with van der Waals surface area (Å²) in [6.45, 7) is 2.95. The highest BCUT2D eigenvalue weighted by molar-refractivity contribution is 7.93. The molecule has 1 heterocycles. The number of hydrogen-bond donors (Lipinski definition) is 2. The second kappa shape index (κ2) is 8.59. The zero-order valence-corrected chi connectivity index (χ0v) is 16.7. The molecule has 2 fully saturated rings. The van der Waals surface area contributed by atoms with E-state index < -0.39 is 10.0 Å². The number of nitrogens with one attached hydrogen (secondary N) is 1. The van der Waals surface area contributed by atoms with Crippen molar-refractivity contribution >= 4 is 34.0 Å². The molecule has 2 unspecified atom stereocenters. The zero-order chi connectivity index (χ0) is 18.0. The van der Waals surface area contributed by atoms with Gasteiger partial charge in [0.25, 0.3) is 5.91 Å².